The average molecular weight is 491 g/mol. The van der Waals surface area contributed by atoms with Gasteiger partial charge in [-0.25, -0.2) is 0 Å². The highest BCUT2D eigenvalue weighted by Crippen LogP contribution is 2.43. The van der Waals surface area contributed by atoms with Crippen LogP contribution in [-0.4, -0.2) is 79.3 Å². The monoisotopic (exact) mass is 490 g/mol. The van der Waals surface area contributed by atoms with Gasteiger partial charge in [-0.1, -0.05) is 34.6 Å². The molecule has 7 nitrogen and oxygen atoms in total. The summed E-state index contributed by atoms with van der Waals surface area (Å²) in [7, 11) is 3.11. The van der Waals surface area contributed by atoms with Crippen molar-refractivity contribution < 1.29 is 32.9 Å². The Hall–Kier alpha value is -0.513. The molecule has 0 bridgehead atoms. The van der Waals surface area contributed by atoms with E-state index in [9.17, 15) is 4.79 Å². The Morgan fingerprint density at radius 1 is 1.06 bits per heavy atom. The molecule has 5 atom stereocenters. The van der Waals surface area contributed by atoms with Crippen LogP contribution in [0.5, 0.6) is 0 Å². The van der Waals surface area contributed by atoms with E-state index in [0.717, 1.165) is 18.1 Å². The summed E-state index contributed by atoms with van der Waals surface area (Å²) < 4.78 is 36.5. The largest absolute Gasteiger partial charge is 0.462 e. The molecule has 0 radical (unpaired) electrons. The van der Waals surface area contributed by atoms with Gasteiger partial charge in [0.15, 0.2) is 8.32 Å². The number of methoxy groups -OCH3 is 3. The number of esters is 1. The van der Waals surface area contributed by atoms with Crippen LogP contribution in [-0.2, 0) is 32.9 Å². The summed E-state index contributed by atoms with van der Waals surface area (Å²) in [5.74, 6) is -0.251. The van der Waals surface area contributed by atoms with Gasteiger partial charge in [-0.15, -0.1) is 0 Å². The van der Waals surface area contributed by atoms with Gasteiger partial charge in [-0.3, -0.25) is 4.79 Å². The Bertz CT molecular complexity index is 578. The topological polar surface area (TPSA) is 72.5 Å². The molecule has 1 aliphatic rings. The molecule has 0 saturated carbocycles. The second-order valence-electron chi connectivity index (χ2n) is 10.9. The van der Waals surface area contributed by atoms with Crippen molar-refractivity contribution >= 4 is 14.3 Å². The zero-order valence-electron chi connectivity index (χ0n) is 23.0. The Labute approximate surface area is 203 Å². The lowest BCUT2D eigenvalue weighted by molar-refractivity contribution is -0.249. The number of hydrogen-bond acceptors (Lipinski definition) is 7. The van der Waals surface area contributed by atoms with Gasteiger partial charge in [0, 0.05) is 33.2 Å². The van der Waals surface area contributed by atoms with Crippen LogP contribution in [0, 0.1) is 10.8 Å². The van der Waals surface area contributed by atoms with Crippen LogP contribution in [0.25, 0.3) is 0 Å². The first-order valence-corrected chi connectivity index (χ1v) is 14.9. The second kappa shape index (κ2) is 13.0. The van der Waals surface area contributed by atoms with Gasteiger partial charge in [0.2, 0.25) is 0 Å². The molecule has 0 spiro atoms. The van der Waals surface area contributed by atoms with Crippen LogP contribution in [0.2, 0.25) is 18.1 Å². The lowest BCUT2D eigenvalue weighted by Crippen LogP contribution is -2.64. The smallest absolute Gasteiger partial charge is 0.311 e. The summed E-state index contributed by atoms with van der Waals surface area (Å²) in [5, 5.41) is 0. The minimum Gasteiger partial charge on any atom is -0.462 e. The lowest BCUT2D eigenvalue weighted by atomic mass is 9.73. The Morgan fingerprint density at radius 3 is 2.06 bits per heavy atom. The predicted molar refractivity (Wildman–Crippen MR) is 133 cm³/mol. The maximum atomic E-state index is 12.6. The number of carbonyl (C=O) groups excluding carboxylic acids is 1. The third kappa shape index (κ3) is 7.74. The van der Waals surface area contributed by atoms with Gasteiger partial charge >= 0.3 is 5.97 Å². The van der Waals surface area contributed by atoms with E-state index in [1.54, 1.807) is 21.3 Å². The summed E-state index contributed by atoms with van der Waals surface area (Å²) in [6.07, 6.45) is -0.596. The van der Waals surface area contributed by atoms with Crippen LogP contribution < -0.4 is 0 Å². The number of hydrogen-bond donors (Lipinski definition) is 0. The Morgan fingerprint density at radius 2 is 1.64 bits per heavy atom. The van der Waals surface area contributed by atoms with E-state index in [-0.39, 0.29) is 42.4 Å². The summed E-state index contributed by atoms with van der Waals surface area (Å²) in [4.78, 5) is 12.6. The number of ether oxygens (including phenoxy) is 5. The third-order valence-corrected chi connectivity index (χ3v) is 11.9. The highest BCUT2D eigenvalue weighted by Gasteiger charge is 2.54. The summed E-state index contributed by atoms with van der Waals surface area (Å²) in [6.45, 7) is 17.1. The van der Waals surface area contributed by atoms with Crippen molar-refractivity contribution in [3.63, 3.8) is 0 Å². The first-order valence-electron chi connectivity index (χ1n) is 12.4. The zero-order valence-corrected chi connectivity index (χ0v) is 24.0. The zero-order chi connectivity index (χ0) is 25.4. The molecule has 1 rings (SSSR count). The van der Waals surface area contributed by atoms with Crippen molar-refractivity contribution in [2.24, 2.45) is 10.8 Å². The molecule has 8 heteroatoms. The maximum Gasteiger partial charge on any atom is 0.311 e. The molecule has 1 saturated heterocycles. The number of rotatable bonds is 13. The fraction of sp³-hybridized carbons (Fsp3) is 0.960. The van der Waals surface area contributed by atoms with Crippen LogP contribution in [0.3, 0.4) is 0 Å². The van der Waals surface area contributed by atoms with Crippen LogP contribution in [0.15, 0.2) is 0 Å². The highest BCUT2D eigenvalue weighted by atomic mass is 28.4. The van der Waals surface area contributed by atoms with Gasteiger partial charge in [0.1, 0.15) is 18.8 Å². The lowest BCUT2D eigenvalue weighted by Gasteiger charge is -2.53. The van der Waals surface area contributed by atoms with E-state index in [1.807, 2.05) is 20.8 Å². The van der Waals surface area contributed by atoms with Crippen molar-refractivity contribution in [1.29, 1.82) is 0 Å². The fourth-order valence-corrected chi connectivity index (χ4v) is 7.51. The standard InChI is InChI=1S/C25H50O7Si/c1-12-33(13-2,14-3)32-21-19(17-30-23(26)24(4,5)6)31-20(15-18(28-10)16-27-9)25(7,8)22(21)29-11/h18-22H,12-17H2,1-11H3/t18-,19+,20+,21-,22+/m0/s1. The Balaban J connectivity index is 3.32. The molecular weight excluding hydrogens is 440 g/mol. The van der Waals surface area contributed by atoms with E-state index in [2.05, 4.69) is 34.6 Å². The van der Waals surface area contributed by atoms with Crippen molar-refractivity contribution in [2.45, 2.75) is 110 Å². The number of carbonyl (C=O) groups is 1. The van der Waals surface area contributed by atoms with Gasteiger partial charge in [-0.05, 0) is 38.9 Å². The molecule has 0 aromatic rings. The maximum absolute atomic E-state index is 12.6. The minimum atomic E-state index is -1.98. The first-order chi connectivity index (χ1) is 15.3. The van der Waals surface area contributed by atoms with Gasteiger partial charge in [0.05, 0.1) is 30.3 Å². The van der Waals surface area contributed by atoms with E-state index in [1.165, 1.54) is 0 Å². The first kappa shape index (κ1) is 30.5. The quantitative estimate of drug-likeness (QED) is 0.270. The molecule has 0 amide bonds. The molecule has 33 heavy (non-hydrogen) atoms. The molecule has 1 fully saturated rings. The van der Waals surface area contributed by atoms with E-state index >= 15 is 0 Å². The predicted octanol–water partition coefficient (Wildman–Crippen LogP) is 4.83. The summed E-state index contributed by atoms with van der Waals surface area (Å²) in [5.41, 5.74) is -0.928. The molecule has 0 N–H and O–H groups in total. The van der Waals surface area contributed by atoms with Gasteiger partial charge in [0.25, 0.3) is 0 Å². The van der Waals surface area contributed by atoms with Crippen molar-refractivity contribution in [3.05, 3.63) is 0 Å². The second-order valence-corrected chi connectivity index (χ2v) is 15.6. The molecule has 0 aromatic carbocycles. The van der Waals surface area contributed by atoms with E-state index < -0.39 is 19.8 Å². The van der Waals surface area contributed by atoms with Gasteiger partial charge in [-0.2, -0.15) is 0 Å². The van der Waals surface area contributed by atoms with Gasteiger partial charge < -0.3 is 28.1 Å². The Kier molecular flexibility index (Phi) is 12.0. The molecule has 1 aliphatic heterocycles. The third-order valence-electron chi connectivity index (χ3n) is 7.29. The van der Waals surface area contributed by atoms with Crippen LogP contribution in [0.1, 0.15) is 61.8 Å². The molecule has 1 heterocycles. The molecule has 196 valence electrons. The molecule has 0 aromatic heterocycles. The van der Waals surface area contributed by atoms with Crippen molar-refractivity contribution in [3.8, 4) is 0 Å². The van der Waals surface area contributed by atoms with Crippen LogP contribution >= 0.6 is 0 Å². The summed E-state index contributed by atoms with van der Waals surface area (Å²) >= 11 is 0. The van der Waals surface area contributed by atoms with E-state index in [4.69, 9.17) is 28.1 Å². The van der Waals surface area contributed by atoms with E-state index in [0.29, 0.717) is 13.0 Å². The molecule has 0 aliphatic carbocycles. The minimum absolute atomic E-state index is 0.109. The normalized spacial score (nSPS) is 26.8. The van der Waals surface area contributed by atoms with Crippen molar-refractivity contribution in [1.82, 2.24) is 0 Å². The SMILES string of the molecule is CC[Si](CC)(CC)O[C@@H]1[C@@H](OC)C(C)(C)[C@@H](C[C@@H](COC)OC)O[C@@H]1COC(=O)C(C)(C)C. The molecular formula is C25H50O7Si. The average Bonchev–Trinajstić information content (AvgIpc) is 2.76. The summed E-state index contributed by atoms with van der Waals surface area (Å²) in [6, 6.07) is 3.06. The fourth-order valence-electron chi connectivity index (χ4n) is 4.65. The molecule has 0 unspecified atom stereocenters. The highest BCUT2D eigenvalue weighted by molar-refractivity contribution is 6.73. The van der Waals surface area contributed by atoms with Crippen molar-refractivity contribution in [2.75, 3.05) is 34.5 Å². The van der Waals surface area contributed by atoms with Crippen LogP contribution in [0.4, 0.5) is 0 Å².